The maximum absolute atomic E-state index is 12.0. The number of rotatable bonds is 4. The number of carbonyl (C=O) groups excluding carboxylic acids is 1. The highest BCUT2D eigenvalue weighted by Crippen LogP contribution is 2.21. The quantitative estimate of drug-likeness (QED) is 0.786. The highest BCUT2D eigenvalue weighted by molar-refractivity contribution is 5.86. The van der Waals surface area contributed by atoms with E-state index in [1.165, 1.54) is 4.90 Å². The van der Waals surface area contributed by atoms with Crippen LogP contribution in [0.5, 0.6) is 0 Å². The Kier molecular flexibility index (Phi) is 4.14. The van der Waals surface area contributed by atoms with Gasteiger partial charge in [-0.1, -0.05) is 0 Å². The smallest absolute Gasteiger partial charge is 0.329 e. The lowest BCUT2D eigenvalue weighted by atomic mass is 10.00. The van der Waals surface area contributed by atoms with E-state index in [0.29, 0.717) is 12.3 Å². The number of carboxylic acid groups (broad SMARTS) is 1. The molecule has 5 nitrogen and oxygen atoms in total. The fraction of sp³-hybridized carbons (Fsp3) is 0.833. The first-order valence-electron chi connectivity index (χ1n) is 5.93. The number of aliphatic carboxylic acids is 1. The van der Waals surface area contributed by atoms with Gasteiger partial charge in [0, 0.05) is 20.0 Å². The second kappa shape index (κ2) is 5.04. The Bertz CT molecular complexity index is 315. The third kappa shape index (κ3) is 3.19. The zero-order valence-electron chi connectivity index (χ0n) is 11.1. The fourth-order valence-electron chi connectivity index (χ4n) is 2.03. The minimum absolute atomic E-state index is 0.0855. The van der Waals surface area contributed by atoms with Crippen molar-refractivity contribution in [2.45, 2.75) is 32.2 Å². The summed E-state index contributed by atoms with van der Waals surface area (Å²) in [6.45, 7) is 5.04. The van der Waals surface area contributed by atoms with Crippen LogP contribution in [0.1, 0.15) is 26.7 Å². The Balaban J connectivity index is 2.56. The number of likely N-dealkylation sites (N-methyl/N-ethyl adjacent to an activating group) is 1. The van der Waals surface area contributed by atoms with Gasteiger partial charge in [-0.05, 0) is 39.8 Å². The molecule has 0 aromatic rings. The molecule has 0 saturated carbocycles. The highest BCUT2D eigenvalue weighted by Gasteiger charge is 2.36. The summed E-state index contributed by atoms with van der Waals surface area (Å²) in [5, 5.41) is 9.06. The van der Waals surface area contributed by atoms with Crippen molar-refractivity contribution in [3.8, 4) is 0 Å². The summed E-state index contributed by atoms with van der Waals surface area (Å²) >= 11 is 0. The van der Waals surface area contributed by atoms with E-state index in [0.717, 1.165) is 19.5 Å². The summed E-state index contributed by atoms with van der Waals surface area (Å²) in [6.07, 6.45) is 1.46. The van der Waals surface area contributed by atoms with Crippen LogP contribution in [0.3, 0.4) is 0 Å². The molecule has 1 atom stereocenters. The molecule has 1 heterocycles. The lowest BCUT2D eigenvalue weighted by Crippen LogP contribution is -2.51. The number of carbonyl (C=O) groups is 2. The molecule has 0 spiro atoms. The van der Waals surface area contributed by atoms with E-state index in [1.54, 1.807) is 20.9 Å². The molecule has 0 aromatic carbocycles. The standard InChI is InChI=1S/C12H22N2O3/c1-12(2,11(16)17)14(4)10(15)7-9-5-6-13(3)8-9/h9H,5-8H2,1-4H3,(H,16,17). The fourth-order valence-corrected chi connectivity index (χ4v) is 2.03. The Labute approximate surface area is 102 Å². The minimum atomic E-state index is -1.14. The van der Waals surface area contributed by atoms with Gasteiger partial charge in [-0.2, -0.15) is 0 Å². The summed E-state index contributed by atoms with van der Waals surface area (Å²) in [4.78, 5) is 26.6. The molecule has 1 unspecified atom stereocenters. The van der Waals surface area contributed by atoms with Crippen molar-refractivity contribution in [2.24, 2.45) is 5.92 Å². The van der Waals surface area contributed by atoms with Crippen LogP contribution < -0.4 is 0 Å². The maximum atomic E-state index is 12.0. The van der Waals surface area contributed by atoms with E-state index < -0.39 is 11.5 Å². The molecule has 17 heavy (non-hydrogen) atoms. The monoisotopic (exact) mass is 242 g/mol. The van der Waals surface area contributed by atoms with Crippen molar-refractivity contribution in [1.82, 2.24) is 9.80 Å². The van der Waals surface area contributed by atoms with Gasteiger partial charge in [-0.25, -0.2) is 4.79 Å². The number of nitrogens with zero attached hydrogens (tertiary/aromatic N) is 2. The van der Waals surface area contributed by atoms with Gasteiger partial charge in [0.1, 0.15) is 5.54 Å². The van der Waals surface area contributed by atoms with E-state index in [-0.39, 0.29) is 5.91 Å². The number of likely N-dealkylation sites (tertiary alicyclic amines) is 1. The Hall–Kier alpha value is -1.10. The molecular formula is C12H22N2O3. The second-order valence-corrected chi connectivity index (χ2v) is 5.44. The van der Waals surface area contributed by atoms with Crippen molar-refractivity contribution >= 4 is 11.9 Å². The van der Waals surface area contributed by atoms with Gasteiger partial charge in [0.05, 0.1) is 0 Å². The van der Waals surface area contributed by atoms with Crippen LogP contribution in [0.4, 0.5) is 0 Å². The van der Waals surface area contributed by atoms with Crippen molar-refractivity contribution in [2.75, 3.05) is 27.2 Å². The predicted octanol–water partition coefficient (Wildman–Crippen LogP) is 0.650. The van der Waals surface area contributed by atoms with Crippen molar-refractivity contribution < 1.29 is 14.7 Å². The zero-order chi connectivity index (χ0) is 13.2. The van der Waals surface area contributed by atoms with Crippen LogP contribution >= 0.6 is 0 Å². The Morgan fingerprint density at radius 2 is 2.06 bits per heavy atom. The van der Waals surface area contributed by atoms with Gasteiger partial charge >= 0.3 is 5.97 Å². The van der Waals surface area contributed by atoms with Crippen molar-refractivity contribution in [3.05, 3.63) is 0 Å². The van der Waals surface area contributed by atoms with Crippen LogP contribution in [-0.4, -0.2) is 59.5 Å². The summed E-state index contributed by atoms with van der Waals surface area (Å²) < 4.78 is 0. The molecular weight excluding hydrogens is 220 g/mol. The molecule has 98 valence electrons. The average molecular weight is 242 g/mol. The molecule has 1 fully saturated rings. The molecule has 1 aliphatic rings. The summed E-state index contributed by atoms with van der Waals surface area (Å²) in [6, 6.07) is 0. The van der Waals surface area contributed by atoms with Crippen LogP contribution in [0.15, 0.2) is 0 Å². The van der Waals surface area contributed by atoms with E-state index in [2.05, 4.69) is 4.90 Å². The number of carboxylic acids is 1. The molecule has 1 rings (SSSR count). The lowest BCUT2D eigenvalue weighted by molar-refractivity contribution is -0.155. The molecule has 1 amide bonds. The first kappa shape index (κ1) is 14.0. The van der Waals surface area contributed by atoms with Crippen LogP contribution in [0.25, 0.3) is 0 Å². The van der Waals surface area contributed by atoms with Gasteiger partial charge in [-0.15, -0.1) is 0 Å². The van der Waals surface area contributed by atoms with Gasteiger partial charge in [-0.3, -0.25) is 4.79 Å². The molecule has 1 saturated heterocycles. The Morgan fingerprint density at radius 1 is 1.47 bits per heavy atom. The van der Waals surface area contributed by atoms with Gasteiger partial charge in [0.15, 0.2) is 0 Å². The highest BCUT2D eigenvalue weighted by atomic mass is 16.4. The summed E-state index contributed by atoms with van der Waals surface area (Å²) in [5.41, 5.74) is -1.14. The van der Waals surface area contributed by atoms with E-state index in [4.69, 9.17) is 5.11 Å². The van der Waals surface area contributed by atoms with Gasteiger partial charge < -0.3 is 14.9 Å². The molecule has 0 bridgehead atoms. The van der Waals surface area contributed by atoms with Gasteiger partial charge in [0.25, 0.3) is 0 Å². The zero-order valence-corrected chi connectivity index (χ0v) is 11.1. The Morgan fingerprint density at radius 3 is 2.47 bits per heavy atom. The molecule has 1 N–H and O–H groups in total. The SMILES string of the molecule is CN1CCC(CC(=O)N(C)C(C)(C)C(=O)O)C1. The molecule has 0 aromatic heterocycles. The van der Waals surface area contributed by atoms with E-state index in [1.807, 2.05) is 7.05 Å². The minimum Gasteiger partial charge on any atom is -0.480 e. The van der Waals surface area contributed by atoms with Crippen molar-refractivity contribution in [3.63, 3.8) is 0 Å². The van der Waals surface area contributed by atoms with Crippen molar-refractivity contribution in [1.29, 1.82) is 0 Å². The van der Waals surface area contributed by atoms with Gasteiger partial charge in [0.2, 0.25) is 5.91 Å². The van der Waals surface area contributed by atoms with Crippen LogP contribution in [-0.2, 0) is 9.59 Å². The number of hydrogen-bond acceptors (Lipinski definition) is 3. The molecule has 0 aliphatic carbocycles. The average Bonchev–Trinajstić information content (AvgIpc) is 2.62. The van der Waals surface area contributed by atoms with E-state index >= 15 is 0 Å². The third-order valence-corrected chi connectivity index (χ3v) is 3.69. The molecule has 0 radical (unpaired) electrons. The summed E-state index contributed by atoms with van der Waals surface area (Å²) in [7, 11) is 3.60. The second-order valence-electron chi connectivity index (χ2n) is 5.44. The van der Waals surface area contributed by atoms with Crippen LogP contribution in [0, 0.1) is 5.92 Å². The lowest BCUT2D eigenvalue weighted by Gasteiger charge is -2.32. The largest absolute Gasteiger partial charge is 0.480 e. The van der Waals surface area contributed by atoms with E-state index in [9.17, 15) is 9.59 Å². The maximum Gasteiger partial charge on any atom is 0.329 e. The third-order valence-electron chi connectivity index (χ3n) is 3.69. The summed E-state index contributed by atoms with van der Waals surface area (Å²) in [5.74, 6) is -0.700. The predicted molar refractivity (Wildman–Crippen MR) is 64.7 cm³/mol. The number of amides is 1. The normalized spacial score (nSPS) is 21.5. The molecule has 5 heteroatoms. The number of hydrogen-bond donors (Lipinski definition) is 1. The first-order valence-corrected chi connectivity index (χ1v) is 5.93. The molecule has 1 aliphatic heterocycles. The topological polar surface area (TPSA) is 60.9 Å². The van der Waals surface area contributed by atoms with Crippen LogP contribution in [0.2, 0.25) is 0 Å². The first-order chi connectivity index (χ1) is 7.75.